The molecule has 1 aliphatic heterocycles. The first-order valence-electron chi connectivity index (χ1n) is 13.1. The molecule has 1 aromatic carbocycles. The maximum Gasteiger partial charge on any atom is 0.223 e. The van der Waals surface area contributed by atoms with Gasteiger partial charge in [-0.25, -0.2) is 0 Å². The van der Waals surface area contributed by atoms with Gasteiger partial charge in [0, 0.05) is 32.0 Å². The fraction of sp³-hybridized carbons (Fsp3) is 0.714. The summed E-state index contributed by atoms with van der Waals surface area (Å²) in [7, 11) is 0. The fourth-order valence-corrected chi connectivity index (χ4v) is 4.49. The summed E-state index contributed by atoms with van der Waals surface area (Å²) in [6.45, 7) is 12.3. The van der Waals surface area contributed by atoms with Gasteiger partial charge in [-0.15, -0.1) is 0 Å². The first kappa shape index (κ1) is 28.3. The van der Waals surface area contributed by atoms with E-state index in [1.807, 2.05) is 0 Å². The van der Waals surface area contributed by atoms with E-state index >= 15 is 0 Å². The zero-order valence-corrected chi connectivity index (χ0v) is 22.0. The lowest BCUT2D eigenvalue weighted by molar-refractivity contribution is -0.130. The molecule has 6 nitrogen and oxygen atoms in total. The molecule has 1 aromatic rings. The number of carbonyl (C=O) groups is 2. The lowest BCUT2D eigenvalue weighted by Crippen LogP contribution is -2.49. The monoisotopic (exact) mass is 473 g/mol. The summed E-state index contributed by atoms with van der Waals surface area (Å²) in [6.07, 6.45) is 5.64. The third-order valence-corrected chi connectivity index (χ3v) is 6.81. The number of hydrogen-bond acceptors (Lipinski definition) is 4. The SMILES string of the molecule is C[C@@H]1CCCCCCNC(=O)C[C@@H](C)C(=O)N[C@H]([C@H](O)CNCc2cccc(C(C)(C)C)c2)C1. The number of amides is 2. The van der Waals surface area contributed by atoms with Crippen molar-refractivity contribution in [2.24, 2.45) is 11.8 Å². The van der Waals surface area contributed by atoms with Gasteiger partial charge in [-0.2, -0.15) is 0 Å². The zero-order valence-electron chi connectivity index (χ0n) is 22.0. The number of nitrogens with one attached hydrogen (secondary N) is 3. The van der Waals surface area contributed by atoms with Crippen molar-refractivity contribution >= 4 is 11.8 Å². The van der Waals surface area contributed by atoms with E-state index in [1.165, 1.54) is 11.1 Å². The van der Waals surface area contributed by atoms with Crippen LogP contribution in [0.2, 0.25) is 0 Å². The molecule has 1 aliphatic rings. The molecule has 0 aliphatic carbocycles. The van der Waals surface area contributed by atoms with Gasteiger partial charge in [0.2, 0.25) is 11.8 Å². The largest absolute Gasteiger partial charge is 0.390 e. The van der Waals surface area contributed by atoms with Crippen LogP contribution < -0.4 is 16.0 Å². The fourth-order valence-electron chi connectivity index (χ4n) is 4.49. The van der Waals surface area contributed by atoms with Gasteiger partial charge in [-0.3, -0.25) is 9.59 Å². The molecule has 0 bridgehead atoms. The maximum atomic E-state index is 12.8. The normalized spacial score (nSPS) is 24.9. The van der Waals surface area contributed by atoms with Crippen LogP contribution in [0.25, 0.3) is 0 Å². The molecule has 1 fully saturated rings. The summed E-state index contributed by atoms with van der Waals surface area (Å²) < 4.78 is 0. The van der Waals surface area contributed by atoms with E-state index in [4.69, 9.17) is 0 Å². The minimum absolute atomic E-state index is 0.0813. The van der Waals surface area contributed by atoms with E-state index in [0.29, 0.717) is 25.6 Å². The van der Waals surface area contributed by atoms with E-state index in [2.05, 4.69) is 67.9 Å². The van der Waals surface area contributed by atoms with Gasteiger partial charge in [0.05, 0.1) is 12.1 Å². The predicted octanol–water partition coefficient (Wildman–Crippen LogP) is 4.05. The third kappa shape index (κ3) is 10.1. The second-order valence-corrected chi connectivity index (χ2v) is 11.3. The Balaban J connectivity index is 1.99. The number of benzene rings is 1. The predicted molar refractivity (Wildman–Crippen MR) is 138 cm³/mol. The van der Waals surface area contributed by atoms with Gasteiger partial charge < -0.3 is 21.1 Å². The van der Waals surface area contributed by atoms with E-state index in [9.17, 15) is 14.7 Å². The van der Waals surface area contributed by atoms with Crippen LogP contribution >= 0.6 is 0 Å². The molecule has 0 aromatic heterocycles. The smallest absolute Gasteiger partial charge is 0.223 e. The van der Waals surface area contributed by atoms with Crippen molar-refractivity contribution in [1.82, 2.24) is 16.0 Å². The first-order valence-corrected chi connectivity index (χ1v) is 13.1. The topological polar surface area (TPSA) is 90.5 Å². The average Bonchev–Trinajstić information content (AvgIpc) is 2.77. The Kier molecular flexibility index (Phi) is 11.5. The molecule has 34 heavy (non-hydrogen) atoms. The Bertz CT molecular complexity index is 774. The quantitative estimate of drug-likeness (QED) is 0.519. The van der Waals surface area contributed by atoms with Gasteiger partial charge in [0.1, 0.15) is 0 Å². The molecule has 0 saturated carbocycles. The molecule has 2 rings (SSSR count). The third-order valence-electron chi connectivity index (χ3n) is 6.81. The van der Waals surface area contributed by atoms with Crippen LogP contribution in [-0.2, 0) is 21.5 Å². The molecule has 1 heterocycles. The summed E-state index contributed by atoms with van der Waals surface area (Å²) in [5, 5.41) is 20.4. The van der Waals surface area contributed by atoms with Crippen molar-refractivity contribution in [3.63, 3.8) is 0 Å². The number of aliphatic hydroxyl groups excluding tert-OH is 1. The van der Waals surface area contributed by atoms with Crippen molar-refractivity contribution in [1.29, 1.82) is 0 Å². The molecular formula is C28H47N3O3. The molecule has 6 heteroatoms. The van der Waals surface area contributed by atoms with E-state index in [0.717, 1.165) is 38.5 Å². The lowest BCUT2D eigenvalue weighted by atomic mass is 9.86. The molecule has 0 spiro atoms. The molecule has 0 radical (unpaired) electrons. The molecular weight excluding hydrogens is 426 g/mol. The Morgan fingerprint density at radius 3 is 2.59 bits per heavy atom. The Morgan fingerprint density at radius 1 is 1.12 bits per heavy atom. The standard InChI is InChI=1S/C28H47N3O3/c1-20-11-8-6-7-9-14-30-26(33)16-21(2)27(34)31-24(15-20)25(32)19-29-18-22-12-10-13-23(17-22)28(3,4)5/h10,12-13,17,20-21,24-25,29,32H,6-9,11,14-16,18-19H2,1-5H3,(H,30,33)(H,31,34)/t20-,21-,24+,25-/m1/s1. The molecule has 1 saturated heterocycles. The maximum absolute atomic E-state index is 12.8. The van der Waals surface area contributed by atoms with Gasteiger partial charge in [-0.05, 0) is 35.3 Å². The average molecular weight is 474 g/mol. The van der Waals surface area contributed by atoms with E-state index in [1.54, 1.807) is 6.92 Å². The summed E-state index contributed by atoms with van der Waals surface area (Å²) in [6, 6.07) is 8.18. The van der Waals surface area contributed by atoms with Crippen LogP contribution in [0, 0.1) is 11.8 Å². The van der Waals surface area contributed by atoms with Crippen LogP contribution in [0.5, 0.6) is 0 Å². The van der Waals surface area contributed by atoms with Crippen molar-refractivity contribution in [2.45, 2.75) is 104 Å². The first-order chi connectivity index (χ1) is 16.1. The molecule has 4 atom stereocenters. The summed E-state index contributed by atoms with van der Waals surface area (Å²) >= 11 is 0. The van der Waals surface area contributed by atoms with Crippen molar-refractivity contribution in [2.75, 3.05) is 13.1 Å². The van der Waals surface area contributed by atoms with Crippen molar-refractivity contribution in [3.05, 3.63) is 35.4 Å². The summed E-state index contributed by atoms with van der Waals surface area (Å²) in [4.78, 5) is 25.0. The summed E-state index contributed by atoms with van der Waals surface area (Å²) in [5.74, 6) is -0.270. The van der Waals surface area contributed by atoms with E-state index in [-0.39, 0.29) is 29.7 Å². The van der Waals surface area contributed by atoms with Crippen LogP contribution in [0.3, 0.4) is 0 Å². The number of hydrogen-bond donors (Lipinski definition) is 4. The number of carbonyl (C=O) groups excluding carboxylic acids is 2. The van der Waals surface area contributed by atoms with E-state index < -0.39 is 12.0 Å². The zero-order chi connectivity index (χ0) is 25.1. The lowest BCUT2D eigenvalue weighted by Gasteiger charge is -2.28. The highest BCUT2D eigenvalue weighted by Gasteiger charge is 2.26. The summed E-state index contributed by atoms with van der Waals surface area (Å²) in [5.41, 5.74) is 2.56. The highest BCUT2D eigenvalue weighted by molar-refractivity contribution is 5.85. The highest BCUT2D eigenvalue weighted by atomic mass is 16.3. The van der Waals surface area contributed by atoms with Crippen molar-refractivity contribution < 1.29 is 14.7 Å². The molecule has 2 amide bonds. The molecule has 192 valence electrons. The van der Waals surface area contributed by atoms with Crippen LogP contribution in [0.4, 0.5) is 0 Å². The van der Waals surface area contributed by atoms with Gasteiger partial charge in [0.15, 0.2) is 0 Å². The Morgan fingerprint density at radius 2 is 1.85 bits per heavy atom. The Hall–Kier alpha value is -1.92. The van der Waals surface area contributed by atoms with Crippen LogP contribution in [-0.4, -0.2) is 42.2 Å². The molecule has 0 unspecified atom stereocenters. The minimum atomic E-state index is -0.700. The van der Waals surface area contributed by atoms with Crippen molar-refractivity contribution in [3.8, 4) is 0 Å². The molecule has 4 N–H and O–H groups in total. The second kappa shape index (κ2) is 13.8. The second-order valence-electron chi connectivity index (χ2n) is 11.3. The Labute approximate surface area is 206 Å². The van der Waals surface area contributed by atoms with Gasteiger partial charge >= 0.3 is 0 Å². The van der Waals surface area contributed by atoms with Crippen LogP contribution in [0.15, 0.2) is 24.3 Å². The number of aliphatic hydroxyl groups is 1. The highest BCUT2D eigenvalue weighted by Crippen LogP contribution is 2.23. The number of rotatable bonds is 5. The minimum Gasteiger partial charge on any atom is -0.390 e. The van der Waals surface area contributed by atoms with Gasteiger partial charge in [0.25, 0.3) is 0 Å². The van der Waals surface area contributed by atoms with Crippen LogP contribution in [0.1, 0.15) is 90.7 Å². The van der Waals surface area contributed by atoms with Gasteiger partial charge in [-0.1, -0.05) is 84.6 Å².